The van der Waals surface area contributed by atoms with Crippen molar-refractivity contribution in [1.29, 1.82) is 0 Å². The van der Waals surface area contributed by atoms with Crippen molar-refractivity contribution in [3.63, 3.8) is 0 Å². The number of benzene rings is 1. The molecule has 104 valence electrons. The van der Waals surface area contributed by atoms with Crippen molar-refractivity contribution in [3.8, 4) is 0 Å². The average Bonchev–Trinajstić information content (AvgIpc) is 3.06. The Morgan fingerprint density at radius 3 is 2.85 bits per heavy atom. The van der Waals surface area contributed by atoms with Crippen LogP contribution in [0.4, 0.5) is 0 Å². The lowest BCUT2D eigenvalue weighted by atomic mass is 10.1. The Hall–Kier alpha value is -1.58. The van der Waals surface area contributed by atoms with Gasteiger partial charge in [-0.1, -0.05) is 24.3 Å². The lowest BCUT2D eigenvalue weighted by Gasteiger charge is -2.12. The largest absolute Gasteiger partial charge is 0.350 e. The Labute approximate surface area is 124 Å². The molecule has 3 aromatic rings. The van der Waals surface area contributed by atoms with Crippen molar-refractivity contribution in [2.45, 2.75) is 25.9 Å². The maximum atomic E-state index is 3.64. The molecule has 2 aromatic heterocycles. The van der Waals surface area contributed by atoms with Gasteiger partial charge in [-0.05, 0) is 36.4 Å². The van der Waals surface area contributed by atoms with Gasteiger partial charge in [-0.15, -0.1) is 11.3 Å². The number of hydrogen-bond donors (Lipinski definition) is 1. The zero-order chi connectivity index (χ0) is 13.9. The molecule has 0 amide bonds. The smallest absolute Gasteiger partial charge is 0.0481 e. The van der Waals surface area contributed by atoms with Crippen molar-refractivity contribution in [3.05, 3.63) is 58.4 Å². The van der Waals surface area contributed by atoms with E-state index >= 15 is 0 Å². The molecule has 3 heteroatoms. The quantitative estimate of drug-likeness (QED) is 0.750. The Bertz CT molecular complexity index is 682. The van der Waals surface area contributed by atoms with Crippen LogP contribution in [0, 0.1) is 0 Å². The SMILES string of the molecule is CC(Cc1cccs1)NCc1cn(C)c2ccccc12. The van der Waals surface area contributed by atoms with Gasteiger partial charge in [-0.25, -0.2) is 0 Å². The Morgan fingerprint density at radius 1 is 1.20 bits per heavy atom. The van der Waals surface area contributed by atoms with Crippen molar-refractivity contribution in [1.82, 2.24) is 9.88 Å². The van der Waals surface area contributed by atoms with E-state index in [2.05, 4.69) is 71.8 Å². The van der Waals surface area contributed by atoms with Crippen LogP contribution in [0.3, 0.4) is 0 Å². The molecule has 0 saturated heterocycles. The summed E-state index contributed by atoms with van der Waals surface area (Å²) in [4.78, 5) is 1.45. The molecule has 2 heterocycles. The predicted molar refractivity (Wildman–Crippen MR) is 87.2 cm³/mol. The van der Waals surface area contributed by atoms with Gasteiger partial charge < -0.3 is 9.88 Å². The van der Waals surface area contributed by atoms with Crippen LogP contribution in [0.5, 0.6) is 0 Å². The lowest BCUT2D eigenvalue weighted by Crippen LogP contribution is -2.27. The van der Waals surface area contributed by atoms with Crippen LogP contribution in [-0.4, -0.2) is 10.6 Å². The van der Waals surface area contributed by atoms with Crippen LogP contribution >= 0.6 is 11.3 Å². The van der Waals surface area contributed by atoms with Crippen molar-refractivity contribution >= 4 is 22.2 Å². The minimum atomic E-state index is 0.493. The maximum Gasteiger partial charge on any atom is 0.0481 e. The number of nitrogens with zero attached hydrogens (tertiary/aromatic N) is 1. The topological polar surface area (TPSA) is 17.0 Å². The van der Waals surface area contributed by atoms with Gasteiger partial charge in [0.2, 0.25) is 0 Å². The molecule has 1 N–H and O–H groups in total. The molecule has 0 fully saturated rings. The highest BCUT2D eigenvalue weighted by Crippen LogP contribution is 2.20. The molecule has 0 bridgehead atoms. The molecule has 0 aliphatic rings. The van der Waals surface area contributed by atoms with E-state index in [1.165, 1.54) is 21.3 Å². The van der Waals surface area contributed by atoms with Gasteiger partial charge >= 0.3 is 0 Å². The van der Waals surface area contributed by atoms with E-state index in [9.17, 15) is 0 Å². The third-order valence-electron chi connectivity index (χ3n) is 3.71. The number of fused-ring (bicyclic) bond motifs is 1. The van der Waals surface area contributed by atoms with Crippen LogP contribution in [0.25, 0.3) is 10.9 Å². The molecule has 1 unspecified atom stereocenters. The number of rotatable bonds is 5. The molecule has 0 aliphatic carbocycles. The lowest BCUT2D eigenvalue weighted by molar-refractivity contribution is 0.549. The van der Waals surface area contributed by atoms with Crippen LogP contribution in [0.15, 0.2) is 48.0 Å². The van der Waals surface area contributed by atoms with Crippen molar-refractivity contribution in [2.24, 2.45) is 7.05 Å². The van der Waals surface area contributed by atoms with E-state index < -0.39 is 0 Å². The fraction of sp³-hybridized carbons (Fsp3) is 0.294. The van der Waals surface area contributed by atoms with Crippen LogP contribution < -0.4 is 5.32 Å². The third kappa shape index (κ3) is 2.79. The number of thiophene rings is 1. The highest BCUT2D eigenvalue weighted by Gasteiger charge is 2.08. The minimum absolute atomic E-state index is 0.493. The molecule has 2 nitrogen and oxygen atoms in total. The van der Waals surface area contributed by atoms with E-state index in [1.807, 2.05) is 11.3 Å². The molecule has 1 atom stereocenters. The standard InChI is InChI=1S/C17H20N2S/c1-13(10-15-6-5-9-20-15)18-11-14-12-19(2)17-8-4-3-7-16(14)17/h3-9,12-13,18H,10-11H2,1-2H3. The van der Waals surface area contributed by atoms with E-state index in [0.29, 0.717) is 6.04 Å². The Kier molecular flexibility index (Phi) is 3.90. The van der Waals surface area contributed by atoms with E-state index in [4.69, 9.17) is 0 Å². The Morgan fingerprint density at radius 2 is 2.05 bits per heavy atom. The van der Waals surface area contributed by atoms with E-state index in [-0.39, 0.29) is 0 Å². The molecular formula is C17H20N2S. The third-order valence-corrected chi connectivity index (χ3v) is 4.61. The second-order valence-electron chi connectivity index (χ2n) is 5.35. The van der Waals surface area contributed by atoms with E-state index in [1.54, 1.807) is 0 Å². The molecule has 0 aliphatic heterocycles. The molecule has 0 spiro atoms. The highest BCUT2D eigenvalue weighted by molar-refractivity contribution is 7.09. The van der Waals surface area contributed by atoms with Gasteiger partial charge in [0, 0.05) is 41.6 Å². The average molecular weight is 284 g/mol. The number of aryl methyl sites for hydroxylation is 1. The summed E-state index contributed by atoms with van der Waals surface area (Å²) in [5.74, 6) is 0. The Balaban J connectivity index is 1.68. The summed E-state index contributed by atoms with van der Waals surface area (Å²) in [5, 5.41) is 7.13. The first-order valence-corrected chi connectivity index (χ1v) is 7.90. The highest BCUT2D eigenvalue weighted by atomic mass is 32.1. The summed E-state index contributed by atoms with van der Waals surface area (Å²) >= 11 is 1.84. The predicted octanol–water partition coefficient (Wildman–Crippen LogP) is 3.96. The summed E-state index contributed by atoms with van der Waals surface area (Å²) in [6.07, 6.45) is 3.33. The zero-order valence-electron chi connectivity index (χ0n) is 12.0. The van der Waals surface area contributed by atoms with Crippen LogP contribution in [0.2, 0.25) is 0 Å². The summed E-state index contributed by atoms with van der Waals surface area (Å²) in [5.41, 5.74) is 2.68. The maximum absolute atomic E-state index is 3.64. The summed E-state index contributed by atoms with van der Waals surface area (Å²) in [6, 6.07) is 13.4. The summed E-state index contributed by atoms with van der Waals surface area (Å²) in [6.45, 7) is 3.18. The molecule has 1 aromatic carbocycles. The second kappa shape index (κ2) is 5.81. The number of para-hydroxylation sites is 1. The monoisotopic (exact) mass is 284 g/mol. The van der Waals surface area contributed by atoms with Gasteiger partial charge in [0.15, 0.2) is 0 Å². The van der Waals surface area contributed by atoms with Gasteiger partial charge in [0.1, 0.15) is 0 Å². The van der Waals surface area contributed by atoms with Gasteiger partial charge in [0.25, 0.3) is 0 Å². The fourth-order valence-electron chi connectivity index (χ4n) is 2.65. The molecule has 3 rings (SSSR count). The molecular weight excluding hydrogens is 264 g/mol. The minimum Gasteiger partial charge on any atom is -0.350 e. The number of aromatic nitrogens is 1. The number of hydrogen-bond acceptors (Lipinski definition) is 2. The fourth-order valence-corrected chi connectivity index (χ4v) is 3.49. The van der Waals surface area contributed by atoms with Gasteiger partial charge in [-0.3, -0.25) is 0 Å². The number of nitrogens with one attached hydrogen (secondary N) is 1. The zero-order valence-corrected chi connectivity index (χ0v) is 12.8. The molecule has 0 radical (unpaired) electrons. The molecule has 20 heavy (non-hydrogen) atoms. The first kappa shape index (κ1) is 13.4. The van der Waals surface area contributed by atoms with Gasteiger partial charge in [0.05, 0.1) is 0 Å². The normalized spacial score (nSPS) is 12.9. The van der Waals surface area contributed by atoms with E-state index in [0.717, 1.165) is 13.0 Å². The van der Waals surface area contributed by atoms with Crippen LogP contribution in [0.1, 0.15) is 17.4 Å². The summed E-state index contributed by atoms with van der Waals surface area (Å²) in [7, 11) is 2.11. The first-order chi connectivity index (χ1) is 9.74. The van der Waals surface area contributed by atoms with Crippen molar-refractivity contribution < 1.29 is 0 Å². The first-order valence-electron chi connectivity index (χ1n) is 7.03. The van der Waals surface area contributed by atoms with Crippen LogP contribution in [-0.2, 0) is 20.0 Å². The molecule has 0 saturated carbocycles. The van der Waals surface area contributed by atoms with Crippen molar-refractivity contribution in [2.75, 3.05) is 0 Å². The summed E-state index contributed by atoms with van der Waals surface area (Å²) < 4.78 is 2.20. The second-order valence-corrected chi connectivity index (χ2v) is 6.38. The van der Waals surface area contributed by atoms with Gasteiger partial charge in [-0.2, -0.15) is 0 Å².